The van der Waals surface area contributed by atoms with Gasteiger partial charge in [0.05, 0.1) is 13.2 Å². The van der Waals surface area contributed by atoms with E-state index in [-0.39, 0.29) is 6.29 Å². The lowest BCUT2D eigenvalue weighted by molar-refractivity contribution is -0.181. The predicted molar refractivity (Wildman–Crippen MR) is 51.4 cm³/mol. The molecule has 0 bridgehead atoms. The van der Waals surface area contributed by atoms with Crippen molar-refractivity contribution in [3.05, 3.63) is 14.5 Å². The summed E-state index contributed by atoms with van der Waals surface area (Å²) in [5, 5.41) is 0.377. The molecule has 13 heavy (non-hydrogen) atoms. The summed E-state index contributed by atoms with van der Waals surface area (Å²) in [6.45, 7) is 1.38. The van der Waals surface area contributed by atoms with Crippen LogP contribution in [0.15, 0.2) is 0 Å². The van der Waals surface area contributed by atoms with Crippen molar-refractivity contribution >= 4 is 34.5 Å². The number of rotatable bonds is 1. The zero-order chi connectivity index (χ0) is 9.26. The van der Waals surface area contributed by atoms with Gasteiger partial charge in [0.25, 0.3) is 0 Å². The van der Waals surface area contributed by atoms with E-state index in [0.717, 1.165) is 11.3 Å². The summed E-state index contributed by atoms with van der Waals surface area (Å²) in [7, 11) is 0. The molecule has 0 amide bonds. The SMILES string of the molecule is Clc1nc(Cl)c(C2OCCCO2)s1. The van der Waals surface area contributed by atoms with E-state index >= 15 is 0 Å². The van der Waals surface area contributed by atoms with Crippen LogP contribution in [-0.4, -0.2) is 18.2 Å². The first-order valence-electron chi connectivity index (χ1n) is 3.82. The van der Waals surface area contributed by atoms with E-state index in [4.69, 9.17) is 32.7 Å². The predicted octanol–water partition coefficient (Wildman–Crippen LogP) is 2.89. The molecule has 2 heterocycles. The van der Waals surface area contributed by atoms with Crippen LogP contribution in [0.1, 0.15) is 17.6 Å². The van der Waals surface area contributed by atoms with Gasteiger partial charge in [-0.2, -0.15) is 0 Å². The molecule has 0 spiro atoms. The van der Waals surface area contributed by atoms with Crippen LogP contribution in [0.2, 0.25) is 9.62 Å². The fourth-order valence-corrected chi connectivity index (χ4v) is 2.47. The number of halogens is 2. The summed E-state index contributed by atoms with van der Waals surface area (Å²) in [5.74, 6) is 0. The second-order valence-corrected chi connectivity index (χ2v) is 4.52. The molecule has 0 radical (unpaired) electrons. The van der Waals surface area contributed by atoms with Gasteiger partial charge >= 0.3 is 0 Å². The summed E-state index contributed by atoms with van der Waals surface area (Å²) >= 11 is 12.8. The molecule has 0 atom stereocenters. The Labute approximate surface area is 89.6 Å². The van der Waals surface area contributed by atoms with Crippen LogP contribution >= 0.6 is 34.5 Å². The highest BCUT2D eigenvalue weighted by Crippen LogP contribution is 2.35. The third kappa shape index (κ3) is 2.14. The van der Waals surface area contributed by atoms with Crippen LogP contribution in [0.3, 0.4) is 0 Å². The molecule has 1 saturated heterocycles. The van der Waals surface area contributed by atoms with E-state index in [2.05, 4.69) is 4.98 Å². The normalized spacial score (nSPS) is 19.2. The molecule has 3 nitrogen and oxygen atoms in total. The molecule has 0 N–H and O–H groups in total. The molecule has 1 aliphatic heterocycles. The van der Waals surface area contributed by atoms with Crippen molar-refractivity contribution < 1.29 is 9.47 Å². The van der Waals surface area contributed by atoms with Crippen LogP contribution in [0.4, 0.5) is 0 Å². The second-order valence-electron chi connectivity index (χ2n) is 2.55. The Morgan fingerprint density at radius 1 is 1.31 bits per heavy atom. The maximum Gasteiger partial charge on any atom is 0.196 e. The Bertz CT molecular complexity index is 299. The number of hydrogen-bond acceptors (Lipinski definition) is 4. The maximum absolute atomic E-state index is 5.83. The fourth-order valence-electron chi connectivity index (χ4n) is 1.07. The number of nitrogens with zero attached hydrogens (tertiary/aromatic N) is 1. The van der Waals surface area contributed by atoms with Crippen molar-refractivity contribution in [2.45, 2.75) is 12.7 Å². The van der Waals surface area contributed by atoms with Gasteiger partial charge in [0, 0.05) is 0 Å². The Balaban J connectivity index is 2.18. The molecule has 2 rings (SSSR count). The quantitative estimate of drug-likeness (QED) is 0.756. The highest BCUT2D eigenvalue weighted by Gasteiger charge is 2.22. The zero-order valence-corrected chi connectivity index (χ0v) is 8.95. The van der Waals surface area contributed by atoms with Crippen molar-refractivity contribution in [3.63, 3.8) is 0 Å². The van der Waals surface area contributed by atoms with E-state index in [0.29, 0.717) is 22.8 Å². The minimum Gasteiger partial charge on any atom is -0.347 e. The zero-order valence-electron chi connectivity index (χ0n) is 6.63. The summed E-state index contributed by atoms with van der Waals surface area (Å²) in [4.78, 5) is 4.63. The molecule has 0 saturated carbocycles. The lowest BCUT2D eigenvalue weighted by Gasteiger charge is -2.21. The first-order chi connectivity index (χ1) is 6.27. The first-order valence-corrected chi connectivity index (χ1v) is 5.39. The van der Waals surface area contributed by atoms with Crippen LogP contribution in [-0.2, 0) is 9.47 Å². The molecular weight excluding hydrogens is 233 g/mol. The minimum absolute atomic E-state index is 0.377. The van der Waals surface area contributed by atoms with Crippen molar-refractivity contribution in [2.24, 2.45) is 0 Å². The molecule has 1 fully saturated rings. The van der Waals surface area contributed by atoms with Gasteiger partial charge in [-0.15, -0.1) is 11.3 Å². The van der Waals surface area contributed by atoms with Gasteiger partial charge in [0.15, 0.2) is 10.8 Å². The van der Waals surface area contributed by atoms with Crippen molar-refractivity contribution in [2.75, 3.05) is 13.2 Å². The average molecular weight is 240 g/mol. The molecular formula is C7H7Cl2NO2S. The minimum atomic E-state index is -0.383. The Morgan fingerprint density at radius 3 is 2.54 bits per heavy atom. The Morgan fingerprint density at radius 2 is 2.00 bits per heavy atom. The average Bonchev–Trinajstić information content (AvgIpc) is 2.47. The van der Waals surface area contributed by atoms with E-state index in [9.17, 15) is 0 Å². The lowest BCUT2D eigenvalue weighted by atomic mass is 10.4. The third-order valence-corrected chi connectivity index (χ3v) is 3.21. The van der Waals surface area contributed by atoms with Gasteiger partial charge in [0.1, 0.15) is 10.0 Å². The van der Waals surface area contributed by atoms with Gasteiger partial charge < -0.3 is 9.47 Å². The Kier molecular flexibility index (Phi) is 3.06. The van der Waals surface area contributed by atoms with Crippen molar-refractivity contribution in [1.29, 1.82) is 0 Å². The van der Waals surface area contributed by atoms with Crippen molar-refractivity contribution in [1.82, 2.24) is 4.98 Å². The third-order valence-electron chi connectivity index (χ3n) is 1.62. The van der Waals surface area contributed by atoms with Gasteiger partial charge in [-0.05, 0) is 6.42 Å². The molecule has 1 aromatic heterocycles. The number of ether oxygens (including phenoxy) is 2. The number of hydrogen-bond donors (Lipinski definition) is 0. The summed E-state index contributed by atoms with van der Waals surface area (Å²) in [5.41, 5.74) is 0. The monoisotopic (exact) mass is 239 g/mol. The highest BCUT2D eigenvalue weighted by atomic mass is 35.5. The number of aromatic nitrogens is 1. The van der Waals surface area contributed by atoms with Gasteiger partial charge in [-0.25, -0.2) is 4.98 Å². The maximum atomic E-state index is 5.83. The molecule has 0 aromatic carbocycles. The first kappa shape index (κ1) is 9.68. The van der Waals surface area contributed by atoms with Crippen LogP contribution in [0.5, 0.6) is 0 Å². The summed E-state index contributed by atoms with van der Waals surface area (Å²) in [6.07, 6.45) is 0.534. The molecule has 0 aliphatic carbocycles. The fraction of sp³-hybridized carbons (Fsp3) is 0.571. The van der Waals surface area contributed by atoms with E-state index in [1.54, 1.807) is 0 Å². The standard InChI is InChI=1S/C7H7Cl2NO2S/c8-5-4(13-7(9)10-5)6-11-2-1-3-12-6/h6H,1-3H2. The Hall–Kier alpha value is 0.130. The van der Waals surface area contributed by atoms with Gasteiger partial charge in [-0.3, -0.25) is 0 Å². The second kappa shape index (κ2) is 4.11. The summed E-state index contributed by atoms with van der Waals surface area (Å²) in [6, 6.07) is 0. The van der Waals surface area contributed by atoms with Crippen molar-refractivity contribution in [3.8, 4) is 0 Å². The molecule has 1 aliphatic rings. The van der Waals surface area contributed by atoms with Gasteiger partial charge in [-0.1, -0.05) is 23.2 Å². The molecule has 0 unspecified atom stereocenters. The number of thiazole rings is 1. The smallest absolute Gasteiger partial charge is 0.196 e. The molecule has 6 heteroatoms. The van der Waals surface area contributed by atoms with Crippen LogP contribution < -0.4 is 0 Å². The van der Waals surface area contributed by atoms with E-state index in [1.165, 1.54) is 11.3 Å². The summed E-state index contributed by atoms with van der Waals surface area (Å²) < 4.78 is 11.1. The molecule has 1 aromatic rings. The van der Waals surface area contributed by atoms with Crippen LogP contribution in [0.25, 0.3) is 0 Å². The van der Waals surface area contributed by atoms with E-state index < -0.39 is 0 Å². The molecule has 72 valence electrons. The van der Waals surface area contributed by atoms with Crippen LogP contribution in [0, 0.1) is 0 Å². The topological polar surface area (TPSA) is 31.4 Å². The largest absolute Gasteiger partial charge is 0.347 e. The highest BCUT2D eigenvalue weighted by molar-refractivity contribution is 7.16. The van der Waals surface area contributed by atoms with Gasteiger partial charge in [0.2, 0.25) is 0 Å². The van der Waals surface area contributed by atoms with E-state index in [1.807, 2.05) is 0 Å². The lowest BCUT2D eigenvalue weighted by Crippen LogP contribution is -2.17.